The second-order valence-corrected chi connectivity index (χ2v) is 7.82. The standard InChI is InChI=1S/C19H25N5O3S/c1-12-5-3-4-6-15(12)20-18(26)21-16(25)11-28-19-22-17(23-24-19)13-7-9-14(27-2)10-8-13/h7-10,12,15H,3-6,11H2,1-2H3,(H,22,23,24)(H2,20,21,25,26)/t12-,15+/m0/s1. The predicted octanol–water partition coefficient (Wildman–Crippen LogP) is 2.98. The fourth-order valence-electron chi connectivity index (χ4n) is 3.22. The molecule has 0 unspecified atom stereocenters. The third-order valence-corrected chi connectivity index (χ3v) is 5.69. The van der Waals surface area contributed by atoms with Crippen LogP contribution < -0.4 is 15.4 Å². The highest BCUT2D eigenvalue weighted by molar-refractivity contribution is 7.99. The Hall–Kier alpha value is -2.55. The molecule has 2 atom stereocenters. The van der Waals surface area contributed by atoms with Crippen LogP contribution in [-0.4, -0.2) is 46.0 Å². The molecule has 8 nitrogen and oxygen atoms in total. The summed E-state index contributed by atoms with van der Waals surface area (Å²) in [5, 5.41) is 12.7. The van der Waals surface area contributed by atoms with Gasteiger partial charge in [0.1, 0.15) is 5.75 Å². The average Bonchev–Trinajstić information content (AvgIpc) is 3.17. The minimum atomic E-state index is -0.432. The number of imide groups is 1. The van der Waals surface area contributed by atoms with Gasteiger partial charge in [0.05, 0.1) is 12.9 Å². The van der Waals surface area contributed by atoms with Crippen LogP contribution in [0.15, 0.2) is 29.4 Å². The lowest BCUT2D eigenvalue weighted by atomic mass is 9.86. The molecule has 1 fully saturated rings. The van der Waals surface area contributed by atoms with Crippen LogP contribution in [0.25, 0.3) is 11.4 Å². The Kier molecular flexibility index (Phi) is 6.91. The van der Waals surface area contributed by atoms with E-state index in [1.807, 2.05) is 24.3 Å². The molecule has 1 aromatic heterocycles. The Morgan fingerprint density at radius 2 is 2.00 bits per heavy atom. The summed E-state index contributed by atoms with van der Waals surface area (Å²) in [6.45, 7) is 2.13. The van der Waals surface area contributed by atoms with E-state index < -0.39 is 6.03 Å². The van der Waals surface area contributed by atoms with Gasteiger partial charge in [-0.25, -0.2) is 9.78 Å². The number of carbonyl (C=O) groups is 2. The number of rotatable bonds is 6. The number of ether oxygens (including phenoxy) is 1. The van der Waals surface area contributed by atoms with Crippen LogP contribution >= 0.6 is 11.8 Å². The fourth-order valence-corrected chi connectivity index (χ4v) is 3.82. The molecule has 9 heteroatoms. The highest BCUT2D eigenvalue weighted by atomic mass is 32.2. The fraction of sp³-hybridized carbons (Fsp3) is 0.474. The van der Waals surface area contributed by atoms with E-state index in [2.05, 4.69) is 32.7 Å². The van der Waals surface area contributed by atoms with E-state index in [0.29, 0.717) is 16.9 Å². The number of thioether (sulfide) groups is 1. The molecule has 0 radical (unpaired) electrons. The second kappa shape index (κ2) is 9.59. The summed E-state index contributed by atoms with van der Waals surface area (Å²) >= 11 is 1.17. The summed E-state index contributed by atoms with van der Waals surface area (Å²) < 4.78 is 5.13. The number of hydrogen-bond acceptors (Lipinski definition) is 6. The van der Waals surface area contributed by atoms with Gasteiger partial charge in [0.15, 0.2) is 5.82 Å². The zero-order chi connectivity index (χ0) is 19.9. The molecule has 1 aliphatic rings. The maximum absolute atomic E-state index is 12.0. The van der Waals surface area contributed by atoms with E-state index in [9.17, 15) is 9.59 Å². The summed E-state index contributed by atoms with van der Waals surface area (Å²) in [7, 11) is 1.61. The first-order chi connectivity index (χ1) is 13.5. The number of aromatic nitrogens is 3. The number of urea groups is 1. The first-order valence-corrected chi connectivity index (χ1v) is 10.3. The minimum absolute atomic E-state index is 0.0630. The molecule has 0 spiro atoms. The SMILES string of the molecule is COc1ccc(-c2nc(SCC(=O)NC(=O)N[C@@H]3CCCC[C@@H]3C)n[nH]2)cc1. The van der Waals surface area contributed by atoms with Crippen molar-refractivity contribution in [2.45, 2.75) is 43.8 Å². The summed E-state index contributed by atoms with van der Waals surface area (Å²) in [5.41, 5.74) is 0.866. The van der Waals surface area contributed by atoms with Gasteiger partial charge in [0, 0.05) is 11.6 Å². The third-order valence-electron chi connectivity index (χ3n) is 4.84. The van der Waals surface area contributed by atoms with E-state index in [1.54, 1.807) is 7.11 Å². The first kappa shape index (κ1) is 20.2. The Morgan fingerprint density at radius 3 is 2.71 bits per heavy atom. The summed E-state index contributed by atoms with van der Waals surface area (Å²) in [6, 6.07) is 7.12. The molecule has 1 aromatic carbocycles. The molecule has 28 heavy (non-hydrogen) atoms. The predicted molar refractivity (Wildman–Crippen MR) is 107 cm³/mol. The quantitative estimate of drug-likeness (QED) is 0.640. The lowest BCUT2D eigenvalue weighted by Gasteiger charge is -2.29. The molecule has 3 rings (SSSR count). The van der Waals surface area contributed by atoms with Gasteiger partial charge in [0.25, 0.3) is 0 Å². The normalized spacial score (nSPS) is 19.1. The van der Waals surface area contributed by atoms with E-state index in [-0.39, 0.29) is 17.7 Å². The van der Waals surface area contributed by atoms with Gasteiger partial charge in [-0.1, -0.05) is 31.5 Å². The molecule has 2 aromatic rings. The van der Waals surface area contributed by atoms with Crippen molar-refractivity contribution in [3.63, 3.8) is 0 Å². The summed E-state index contributed by atoms with van der Waals surface area (Å²) in [4.78, 5) is 28.4. The number of H-pyrrole nitrogens is 1. The van der Waals surface area contributed by atoms with Crippen molar-refractivity contribution >= 4 is 23.7 Å². The van der Waals surface area contributed by atoms with Crippen molar-refractivity contribution in [1.29, 1.82) is 0 Å². The van der Waals surface area contributed by atoms with Crippen LogP contribution in [0.4, 0.5) is 4.79 Å². The first-order valence-electron chi connectivity index (χ1n) is 9.35. The lowest BCUT2D eigenvalue weighted by Crippen LogP contribution is -2.48. The van der Waals surface area contributed by atoms with Crippen molar-refractivity contribution in [2.75, 3.05) is 12.9 Å². The maximum Gasteiger partial charge on any atom is 0.321 e. The number of aromatic amines is 1. The largest absolute Gasteiger partial charge is 0.497 e. The molecule has 1 heterocycles. The van der Waals surface area contributed by atoms with Gasteiger partial charge in [-0.15, -0.1) is 5.10 Å². The Balaban J connectivity index is 1.45. The smallest absolute Gasteiger partial charge is 0.321 e. The van der Waals surface area contributed by atoms with Crippen molar-refractivity contribution < 1.29 is 14.3 Å². The van der Waals surface area contributed by atoms with Gasteiger partial charge in [-0.2, -0.15) is 0 Å². The van der Waals surface area contributed by atoms with Crippen LogP contribution in [0.2, 0.25) is 0 Å². The summed E-state index contributed by atoms with van der Waals surface area (Å²) in [6.07, 6.45) is 4.38. The van der Waals surface area contributed by atoms with Gasteiger partial charge in [0.2, 0.25) is 11.1 Å². The second-order valence-electron chi connectivity index (χ2n) is 6.87. The molecule has 0 aliphatic heterocycles. The third kappa shape index (κ3) is 5.48. The summed E-state index contributed by atoms with van der Waals surface area (Å²) in [5.74, 6) is 1.49. The number of carbonyl (C=O) groups excluding carboxylic acids is 2. The molecular weight excluding hydrogens is 378 g/mol. The van der Waals surface area contributed by atoms with E-state index >= 15 is 0 Å². The number of nitrogens with zero attached hydrogens (tertiary/aromatic N) is 2. The van der Waals surface area contributed by atoms with Crippen molar-refractivity contribution in [2.24, 2.45) is 5.92 Å². The zero-order valence-electron chi connectivity index (χ0n) is 16.0. The van der Waals surface area contributed by atoms with Crippen molar-refractivity contribution in [3.8, 4) is 17.1 Å². The van der Waals surface area contributed by atoms with Crippen LogP contribution in [-0.2, 0) is 4.79 Å². The topological polar surface area (TPSA) is 109 Å². The highest BCUT2D eigenvalue weighted by Gasteiger charge is 2.23. The zero-order valence-corrected chi connectivity index (χ0v) is 16.8. The van der Waals surface area contributed by atoms with Crippen LogP contribution in [0.5, 0.6) is 5.75 Å². The Morgan fingerprint density at radius 1 is 1.25 bits per heavy atom. The average molecular weight is 404 g/mol. The van der Waals surface area contributed by atoms with Crippen LogP contribution in [0.3, 0.4) is 0 Å². The van der Waals surface area contributed by atoms with Crippen LogP contribution in [0, 0.1) is 5.92 Å². The number of hydrogen-bond donors (Lipinski definition) is 3. The van der Waals surface area contributed by atoms with Gasteiger partial charge >= 0.3 is 6.03 Å². The molecule has 150 valence electrons. The van der Waals surface area contributed by atoms with E-state index in [1.165, 1.54) is 18.2 Å². The van der Waals surface area contributed by atoms with Crippen molar-refractivity contribution in [3.05, 3.63) is 24.3 Å². The Labute approximate surface area is 168 Å². The molecule has 1 saturated carbocycles. The number of nitrogens with one attached hydrogen (secondary N) is 3. The van der Waals surface area contributed by atoms with Gasteiger partial charge < -0.3 is 10.1 Å². The number of benzene rings is 1. The molecule has 0 saturated heterocycles. The highest BCUT2D eigenvalue weighted by Crippen LogP contribution is 2.24. The monoisotopic (exact) mass is 403 g/mol. The Bertz CT molecular complexity index is 808. The molecular formula is C19H25N5O3S. The number of methoxy groups -OCH3 is 1. The maximum atomic E-state index is 12.0. The van der Waals surface area contributed by atoms with Crippen molar-refractivity contribution in [1.82, 2.24) is 25.8 Å². The van der Waals surface area contributed by atoms with E-state index in [4.69, 9.17) is 4.74 Å². The van der Waals surface area contributed by atoms with Gasteiger partial charge in [-0.05, 0) is 43.0 Å². The molecule has 3 N–H and O–H groups in total. The minimum Gasteiger partial charge on any atom is -0.497 e. The van der Waals surface area contributed by atoms with Crippen LogP contribution in [0.1, 0.15) is 32.6 Å². The molecule has 1 aliphatic carbocycles. The molecule has 0 bridgehead atoms. The number of amides is 3. The molecule has 3 amide bonds. The lowest BCUT2D eigenvalue weighted by molar-refractivity contribution is -0.117. The van der Waals surface area contributed by atoms with Gasteiger partial charge in [-0.3, -0.25) is 15.2 Å². The van der Waals surface area contributed by atoms with E-state index in [0.717, 1.165) is 30.6 Å².